The summed E-state index contributed by atoms with van der Waals surface area (Å²) in [6, 6.07) is 0. The van der Waals surface area contributed by atoms with Gasteiger partial charge in [0.2, 0.25) is 0 Å². The Morgan fingerprint density at radius 1 is 1.08 bits per heavy atom. The molecular formula is C8H20IN3. The summed E-state index contributed by atoms with van der Waals surface area (Å²) in [7, 11) is 3.96. The number of rotatable bonds is 5. The van der Waals surface area contributed by atoms with Crippen LogP contribution in [0.25, 0.3) is 0 Å². The van der Waals surface area contributed by atoms with Gasteiger partial charge in [-0.15, -0.1) is 0 Å². The van der Waals surface area contributed by atoms with E-state index in [1.807, 2.05) is 14.1 Å². The van der Waals surface area contributed by atoms with Crippen molar-refractivity contribution in [3.63, 3.8) is 0 Å². The van der Waals surface area contributed by atoms with Crippen LogP contribution in [0.15, 0.2) is 0 Å². The van der Waals surface area contributed by atoms with Gasteiger partial charge in [0.1, 0.15) is 0 Å². The highest BCUT2D eigenvalue weighted by Gasteiger charge is 2.28. The molecule has 0 radical (unpaired) electrons. The van der Waals surface area contributed by atoms with Crippen molar-refractivity contribution in [3.05, 3.63) is 0 Å². The largest absolute Gasteiger partial charge is 0.315 e. The minimum absolute atomic E-state index is 0.00687. The van der Waals surface area contributed by atoms with Gasteiger partial charge in [0, 0.05) is 28.4 Å². The van der Waals surface area contributed by atoms with E-state index in [1.54, 1.807) is 0 Å². The lowest BCUT2D eigenvalue weighted by atomic mass is 9.92. The fraction of sp³-hybridized carbons (Fsp3) is 1.00. The Labute approximate surface area is 89.6 Å². The molecule has 0 bridgehead atoms. The summed E-state index contributed by atoms with van der Waals surface area (Å²) in [4.78, 5) is 0. The minimum Gasteiger partial charge on any atom is -0.315 e. The van der Waals surface area contributed by atoms with Gasteiger partial charge in [0.15, 0.2) is 0 Å². The molecule has 0 amide bonds. The van der Waals surface area contributed by atoms with Crippen molar-refractivity contribution < 1.29 is 0 Å². The molecule has 1 atom stereocenters. The molecule has 0 spiro atoms. The van der Waals surface area contributed by atoms with Crippen molar-refractivity contribution in [2.75, 3.05) is 14.1 Å². The Morgan fingerprint density at radius 3 is 1.83 bits per heavy atom. The van der Waals surface area contributed by atoms with E-state index in [0.717, 1.165) is 6.42 Å². The van der Waals surface area contributed by atoms with Gasteiger partial charge < -0.3 is 10.6 Å². The van der Waals surface area contributed by atoms with Crippen molar-refractivity contribution in [2.24, 2.45) is 0 Å². The highest BCUT2D eigenvalue weighted by molar-refractivity contribution is 14.1. The number of halogens is 1. The van der Waals surface area contributed by atoms with Gasteiger partial charge in [-0.25, -0.2) is 3.53 Å². The molecule has 74 valence electrons. The van der Waals surface area contributed by atoms with E-state index < -0.39 is 0 Å². The summed E-state index contributed by atoms with van der Waals surface area (Å²) in [5.74, 6) is 0. The van der Waals surface area contributed by atoms with Crippen molar-refractivity contribution in [1.29, 1.82) is 0 Å². The Hall–Kier alpha value is 0.610. The molecule has 0 aromatic heterocycles. The molecule has 1 unspecified atom stereocenters. The first-order valence-corrected chi connectivity index (χ1v) is 5.22. The van der Waals surface area contributed by atoms with E-state index in [-0.39, 0.29) is 11.2 Å². The van der Waals surface area contributed by atoms with Gasteiger partial charge >= 0.3 is 0 Å². The molecule has 12 heavy (non-hydrogen) atoms. The number of nitrogens with one attached hydrogen (secondary N) is 3. The summed E-state index contributed by atoms with van der Waals surface area (Å²) < 4.78 is 3.24. The molecule has 0 saturated carbocycles. The third-order valence-electron chi connectivity index (χ3n) is 2.23. The Balaban J connectivity index is 4.20. The average molecular weight is 285 g/mol. The Morgan fingerprint density at radius 2 is 1.58 bits per heavy atom. The van der Waals surface area contributed by atoms with Gasteiger partial charge in [-0.3, -0.25) is 0 Å². The molecular weight excluding hydrogens is 265 g/mol. The summed E-state index contributed by atoms with van der Waals surface area (Å²) in [5.41, 5.74) is 0.142. The van der Waals surface area contributed by atoms with Crippen LogP contribution < -0.4 is 14.2 Å². The van der Waals surface area contributed by atoms with Crippen molar-refractivity contribution in [2.45, 2.75) is 38.4 Å². The van der Waals surface area contributed by atoms with Crippen LogP contribution in [0.4, 0.5) is 0 Å². The van der Waals surface area contributed by atoms with E-state index in [9.17, 15) is 0 Å². The second-order valence-electron chi connectivity index (χ2n) is 3.99. The fourth-order valence-corrected chi connectivity index (χ4v) is 1.60. The zero-order valence-electron chi connectivity index (χ0n) is 8.59. The van der Waals surface area contributed by atoms with Crippen LogP contribution in [0.3, 0.4) is 0 Å². The molecule has 0 aromatic rings. The van der Waals surface area contributed by atoms with Crippen LogP contribution in [0.5, 0.6) is 0 Å². The van der Waals surface area contributed by atoms with Crippen LogP contribution >= 0.6 is 22.9 Å². The minimum atomic E-state index is -0.00687. The molecule has 3 nitrogen and oxygen atoms in total. The topological polar surface area (TPSA) is 36.1 Å². The van der Waals surface area contributed by atoms with Gasteiger partial charge in [0.25, 0.3) is 0 Å². The highest BCUT2D eigenvalue weighted by atomic mass is 127. The van der Waals surface area contributed by atoms with Crippen LogP contribution in [0.2, 0.25) is 0 Å². The molecule has 4 heteroatoms. The summed E-state index contributed by atoms with van der Waals surface area (Å²) >= 11 is 2.18. The van der Waals surface area contributed by atoms with Crippen LogP contribution in [-0.4, -0.2) is 25.3 Å². The normalized spacial score (nSPS) is 17.5. The second kappa shape index (κ2) is 4.74. The van der Waals surface area contributed by atoms with E-state index in [2.05, 4.69) is 57.8 Å². The lowest BCUT2D eigenvalue weighted by molar-refractivity contribution is 0.251. The molecule has 0 rings (SSSR count). The van der Waals surface area contributed by atoms with E-state index in [0.29, 0.717) is 0 Å². The molecule has 0 heterocycles. The van der Waals surface area contributed by atoms with Gasteiger partial charge in [0.05, 0.1) is 5.66 Å². The van der Waals surface area contributed by atoms with Crippen molar-refractivity contribution in [1.82, 2.24) is 14.2 Å². The first kappa shape index (κ1) is 12.6. The molecule has 3 N–H and O–H groups in total. The maximum Gasteiger partial charge on any atom is 0.0759 e. The number of hydrogen-bond acceptors (Lipinski definition) is 3. The van der Waals surface area contributed by atoms with Gasteiger partial charge in [-0.05, 0) is 41.3 Å². The lowest BCUT2D eigenvalue weighted by Crippen LogP contribution is -2.55. The quantitative estimate of drug-likeness (QED) is 0.404. The predicted molar refractivity (Wildman–Crippen MR) is 62.4 cm³/mol. The van der Waals surface area contributed by atoms with Crippen LogP contribution in [0, 0.1) is 0 Å². The first-order chi connectivity index (χ1) is 5.39. The lowest BCUT2D eigenvalue weighted by Gasteiger charge is -2.36. The molecule has 0 fully saturated rings. The highest BCUT2D eigenvalue weighted by Crippen LogP contribution is 2.17. The van der Waals surface area contributed by atoms with Gasteiger partial charge in [-0.2, -0.15) is 0 Å². The smallest absolute Gasteiger partial charge is 0.0759 e. The molecule has 0 aliphatic rings. The molecule has 0 aliphatic heterocycles. The standard InChI is InChI=1S/C8H20IN3/c1-7(2,10-4)6-8(3,11-5)12-9/h10-12H,6H2,1-5H3. The zero-order chi connectivity index (χ0) is 9.83. The van der Waals surface area contributed by atoms with Crippen molar-refractivity contribution in [3.8, 4) is 0 Å². The van der Waals surface area contributed by atoms with Crippen molar-refractivity contribution >= 4 is 22.9 Å². The Bertz CT molecular complexity index is 132. The Kier molecular flexibility index (Phi) is 4.98. The molecule has 0 aliphatic carbocycles. The summed E-state index contributed by atoms with van der Waals surface area (Å²) in [6.45, 7) is 6.53. The van der Waals surface area contributed by atoms with E-state index in [1.165, 1.54) is 0 Å². The summed E-state index contributed by atoms with van der Waals surface area (Å²) in [5, 5.41) is 6.54. The SMILES string of the molecule is CNC(C)(C)CC(C)(NC)NI. The van der Waals surface area contributed by atoms with Crippen LogP contribution in [0.1, 0.15) is 27.2 Å². The average Bonchev–Trinajstić information content (AvgIpc) is 2.04. The third kappa shape index (κ3) is 4.02. The maximum atomic E-state index is 3.28. The third-order valence-corrected chi connectivity index (χ3v) is 3.42. The summed E-state index contributed by atoms with van der Waals surface area (Å²) in [6.07, 6.45) is 1.02. The van der Waals surface area contributed by atoms with Crippen LogP contribution in [-0.2, 0) is 0 Å². The fourth-order valence-electron chi connectivity index (χ4n) is 1.14. The molecule has 0 aromatic carbocycles. The van der Waals surface area contributed by atoms with Gasteiger partial charge in [-0.1, -0.05) is 0 Å². The van der Waals surface area contributed by atoms with E-state index >= 15 is 0 Å². The second-order valence-corrected chi connectivity index (χ2v) is 4.53. The number of hydrogen-bond donors (Lipinski definition) is 3. The monoisotopic (exact) mass is 285 g/mol. The maximum absolute atomic E-state index is 3.28. The van der Waals surface area contributed by atoms with E-state index in [4.69, 9.17) is 0 Å². The predicted octanol–water partition coefficient (Wildman–Crippen LogP) is 1.25. The molecule has 0 saturated heterocycles. The first-order valence-electron chi connectivity index (χ1n) is 4.15. The zero-order valence-corrected chi connectivity index (χ0v) is 10.7.